The van der Waals surface area contributed by atoms with Gasteiger partial charge in [-0.2, -0.15) is 0 Å². The standard InChI is InChI=1S/C27H24FN3O5/c28-18-10-19-20(11-24(30-19)36-22-13-35-26-21(32)12-34-27(22)26)31-25(18)17-7-5-16(6-8-17)15-3-1-14(2-4-15)9-23(29)33/h1-8,10-11,21-22,26-27,30,32H,9,12-13H2,(H2,29,33)/t21-,22-,26-,27-/m1/s1. The maximum atomic E-state index is 15.0. The average Bonchev–Trinajstić information content (AvgIpc) is 3.55. The van der Waals surface area contributed by atoms with Gasteiger partial charge >= 0.3 is 0 Å². The van der Waals surface area contributed by atoms with E-state index in [2.05, 4.69) is 9.97 Å². The number of amides is 1. The Morgan fingerprint density at radius 1 is 1.03 bits per heavy atom. The number of primary amides is 1. The van der Waals surface area contributed by atoms with Crippen LogP contribution in [0.25, 0.3) is 33.4 Å². The lowest BCUT2D eigenvalue weighted by molar-refractivity contribution is -0.117. The Hall–Kier alpha value is -3.79. The van der Waals surface area contributed by atoms with Gasteiger partial charge in [-0.3, -0.25) is 4.79 Å². The normalized spacial score (nSPS) is 23.2. The number of rotatable bonds is 6. The van der Waals surface area contributed by atoms with Crippen molar-refractivity contribution in [1.82, 2.24) is 9.97 Å². The fourth-order valence-electron chi connectivity index (χ4n) is 4.82. The van der Waals surface area contributed by atoms with Gasteiger partial charge in [0.2, 0.25) is 5.91 Å². The number of nitrogens with two attached hydrogens (primary N) is 1. The van der Waals surface area contributed by atoms with E-state index < -0.39 is 18.0 Å². The number of halogens is 1. The first-order valence-corrected chi connectivity index (χ1v) is 11.7. The van der Waals surface area contributed by atoms with Crippen molar-refractivity contribution >= 4 is 16.9 Å². The van der Waals surface area contributed by atoms with Crippen LogP contribution in [0.1, 0.15) is 5.56 Å². The highest BCUT2D eigenvalue weighted by Crippen LogP contribution is 2.32. The summed E-state index contributed by atoms with van der Waals surface area (Å²) in [4.78, 5) is 18.7. The van der Waals surface area contributed by atoms with Crippen LogP contribution in [0.5, 0.6) is 5.88 Å². The topological polar surface area (TPSA) is 120 Å². The van der Waals surface area contributed by atoms with E-state index in [9.17, 15) is 14.3 Å². The predicted molar refractivity (Wildman–Crippen MR) is 130 cm³/mol. The Labute approximate surface area is 205 Å². The molecule has 4 aromatic rings. The molecule has 2 aliphatic heterocycles. The van der Waals surface area contributed by atoms with Crippen LogP contribution in [0.3, 0.4) is 0 Å². The Kier molecular flexibility index (Phi) is 5.67. The summed E-state index contributed by atoms with van der Waals surface area (Å²) in [5, 5.41) is 9.91. The van der Waals surface area contributed by atoms with Gasteiger partial charge in [0.1, 0.15) is 24.0 Å². The number of hydrogen-bond donors (Lipinski definition) is 3. The molecule has 4 N–H and O–H groups in total. The van der Waals surface area contributed by atoms with Gasteiger partial charge in [-0.1, -0.05) is 48.5 Å². The maximum absolute atomic E-state index is 15.0. The minimum Gasteiger partial charge on any atom is -0.470 e. The Bertz CT molecular complexity index is 1420. The minimum atomic E-state index is -0.655. The molecule has 2 fully saturated rings. The number of aromatic amines is 1. The lowest BCUT2D eigenvalue weighted by Gasteiger charge is -2.16. The van der Waals surface area contributed by atoms with Gasteiger partial charge < -0.3 is 30.0 Å². The quantitative estimate of drug-likeness (QED) is 0.383. The molecule has 0 spiro atoms. The molecule has 0 unspecified atom stereocenters. The van der Waals surface area contributed by atoms with E-state index in [4.69, 9.17) is 19.9 Å². The SMILES string of the molecule is NC(=O)Cc1ccc(-c2ccc(-c3nc4cc(O[C@@H]5CO[C@H]6[C@@H]5OC[C@H]6O)[nH]c4cc3F)cc2)cc1. The number of H-pyrrole nitrogens is 1. The van der Waals surface area contributed by atoms with Crippen molar-refractivity contribution in [2.75, 3.05) is 13.2 Å². The van der Waals surface area contributed by atoms with Gasteiger partial charge in [0, 0.05) is 17.7 Å². The monoisotopic (exact) mass is 489 g/mol. The lowest BCUT2D eigenvalue weighted by atomic mass is 10.0. The van der Waals surface area contributed by atoms with Crippen molar-refractivity contribution in [2.45, 2.75) is 30.8 Å². The molecule has 0 radical (unpaired) electrons. The van der Waals surface area contributed by atoms with Crippen LogP contribution in [0, 0.1) is 5.82 Å². The number of aliphatic hydroxyl groups excluding tert-OH is 1. The molecular weight excluding hydrogens is 465 g/mol. The summed E-state index contributed by atoms with van der Waals surface area (Å²) >= 11 is 0. The first-order chi connectivity index (χ1) is 17.4. The molecule has 1 amide bonds. The molecule has 2 aromatic carbocycles. The maximum Gasteiger partial charge on any atom is 0.221 e. The van der Waals surface area contributed by atoms with Crippen LogP contribution >= 0.6 is 0 Å². The molecule has 8 nitrogen and oxygen atoms in total. The van der Waals surface area contributed by atoms with Gasteiger partial charge in [0.15, 0.2) is 17.8 Å². The second kappa shape index (κ2) is 9.02. The summed E-state index contributed by atoms with van der Waals surface area (Å²) in [5.41, 5.74) is 10.0. The zero-order valence-electron chi connectivity index (χ0n) is 19.2. The largest absolute Gasteiger partial charge is 0.470 e. The number of benzene rings is 2. The number of pyridine rings is 1. The second-order valence-electron chi connectivity index (χ2n) is 9.12. The minimum absolute atomic E-state index is 0.199. The summed E-state index contributed by atoms with van der Waals surface area (Å²) < 4.78 is 32.2. The van der Waals surface area contributed by atoms with Gasteiger partial charge in [-0.15, -0.1) is 0 Å². The summed E-state index contributed by atoms with van der Waals surface area (Å²) in [6.07, 6.45) is -1.56. The van der Waals surface area contributed by atoms with Crippen LogP contribution in [-0.4, -0.2) is 58.6 Å². The van der Waals surface area contributed by atoms with Crippen molar-refractivity contribution in [3.8, 4) is 28.3 Å². The van der Waals surface area contributed by atoms with Crippen molar-refractivity contribution in [1.29, 1.82) is 0 Å². The molecule has 6 rings (SSSR count). The van der Waals surface area contributed by atoms with Crippen molar-refractivity contribution < 1.29 is 28.5 Å². The number of nitrogens with one attached hydrogen (secondary N) is 1. The number of ether oxygens (including phenoxy) is 3. The number of aromatic nitrogens is 2. The zero-order chi connectivity index (χ0) is 24.8. The molecular formula is C27H24FN3O5. The average molecular weight is 490 g/mol. The Balaban J connectivity index is 1.21. The fraction of sp³-hybridized carbons (Fsp3) is 0.259. The highest BCUT2D eigenvalue weighted by atomic mass is 19.1. The number of nitrogens with zero attached hydrogens (tertiary/aromatic N) is 1. The smallest absolute Gasteiger partial charge is 0.221 e. The van der Waals surface area contributed by atoms with E-state index in [0.717, 1.165) is 16.7 Å². The Morgan fingerprint density at radius 3 is 2.42 bits per heavy atom. The van der Waals surface area contributed by atoms with Gasteiger partial charge in [-0.25, -0.2) is 9.37 Å². The third kappa shape index (κ3) is 4.21. The van der Waals surface area contributed by atoms with E-state index in [1.165, 1.54) is 6.07 Å². The number of carbonyl (C=O) groups excluding carboxylic acids is 1. The second-order valence-corrected chi connectivity index (χ2v) is 9.12. The van der Waals surface area contributed by atoms with Gasteiger partial charge in [-0.05, 0) is 16.7 Å². The number of aliphatic hydroxyl groups is 1. The van der Waals surface area contributed by atoms with Gasteiger partial charge in [0.25, 0.3) is 0 Å². The summed E-state index contributed by atoms with van der Waals surface area (Å²) in [6.45, 7) is 0.520. The predicted octanol–water partition coefficient (Wildman–Crippen LogP) is 2.97. The number of carbonyl (C=O) groups is 1. The zero-order valence-corrected chi connectivity index (χ0v) is 19.2. The first-order valence-electron chi connectivity index (χ1n) is 11.7. The van der Waals surface area contributed by atoms with E-state index in [1.807, 2.05) is 48.5 Å². The Morgan fingerprint density at radius 2 is 1.69 bits per heavy atom. The van der Waals surface area contributed by atoms with Crippen LogP contribution in [-0.2, 0) is 20.7 Å². The van der Waals surface area contributed by atoms with Gasteiger partial charge in [0.05, 0.1) is 30.7 Å². The third-order valence-corrected chi connectivity index (χ3v) is 6.62. The van der Waals surface area contributed by atoms with E-state index in [0.29, 0.717) is 29.1 Å². The number of hydrogen-bond acceptors (Lipinski definition) is 6. The van der Waals surface area contributed by atoms with Crippen molar-refractivity contribution in [3.63, 3.8) is 0 Å². The molecule has 0 bridgehead atoms. The molecule has 9 heteroatoms. The molecule has 0 saturated carbocycles. The summed E-state index contributed by atoms with van der Waals surface area (Å²) in [7, 11) is 0. The lowest BCUT2D eigenvalue weighted by Crippen LogP contribution is -2.34. The van der Waals surface area contributed by atoms with Crippen LogP contribution in [0.15, 0.2) is 60.7 Å². The molecule has 2 aliphatic rings. The van der Waals surface area contributed by atoms with Crippen LogP contribution in [0.2, 0.25) is 0 Å². The highest BCUT2D eigenvalue weighted by Gasteiger charge is 2.48. The molecule has 0 aliphatic carbocycles. The van der Waals surface area contributed by atoms with Crippen LogP contribution in [0.4, 0.5) is 4.39 Å². The van der Waals surface area contributed by atoms with E-state index in [-0.39, 0.29) is 36.8 Å². The first kappa shape index (κ1) is 22.7. The molecule has 4 atom stereocenters. The van der Waals surface area contributed by atoms with E-state index >= 15 is 0 Å². The fourth-order valence-corrected chi connectivity index (χ4v) is 4.82. The molecule has 4 heterocycles. The molecule has 2 saturated heterocycles. The third-order valence-electron chi connectivity index (χ3n) is 6.62. The van der Waals surface area contributed by atoms with Crippen LogP contribution < -0.4 is 10.5 Å². The molecule has 2 aromatic heterocycles. The number of fused-ring (bicyclic) bond motifs is 2. The van der Waals surface area contributed by atoms with Crippen molar-refractivity contribution in [3.05, 3.63) is 72.0 Å². The van der Waals surface area contributed by atoms with Crippen molar-refractivity contribution in [2.24, 2.45) is 5.73 Å². The summed E-state index contributed by atoms with van der Waals surface area (Å²) in [6, 6.07) is 18.2. The molecule has 184 valence electrons. The summed E-state index contributed by atoms with van der Waals surface area (Å²) in [5.74, 6) is -0.391. The molecule has 36 heavy (non-hydrogen) atoms. The van der Waals surface area contributed by atoms with E-state index in [1.54, 1.807) is 6.07 Å². The highest BCUT2D eigenvalue weighted by molar-refractivity contribution is 5.81.